The molecule has 0 spiro atoms. The van der Waals surface area contributed by atoms with Crippen LogP contribution in [0.4, 0.5) is 13.6 Å². The lowest BCUT2D eigenvalue weighted by molar-refractivity contribution is -0.0206. The number of halogens is 2. The number of morpholine rings is 1. The molecule has 3 aromatic rings. The van der Waals surface area contributed by atoms with Gasteiger partial charge in [-0.1, -0.05) is 6.07 Å². The first kappa shape index (κ1) is 24.7. The molecule has 1 unspecified atom stereocenters. The SMILES string of the molecule is O=C(O)OCOc1c2n(ccc1=O)N(C1c3ccc(F)c(F)c3CSc3ccsc31)[C@@H]1COCCN1C2=O. The Morgan fingerprint density at radius 1 is 1.21 bits per heavy atom. The average molecular weight is 564 g/mol. The molecule has 1 N–H and O–H groups in total. The lowest BCUT2D eigenvalue weighted by Gasteiger charge is -2.51. The van der Waals surface area contributed by atoms with Crippen molar-refractivity contribution in [2.24, 2.45) is 0 Å². The van der Waals surface area contributed by atoms with Crippen LogP contribution in [-0.4, -0.2) is 59.5 Å². The van der Waals surface area contributed by atoms with Crippen molar-refractivity contribution in [2.75, 3.05) is 31.6 Å². The summed E-state index contributed by atoms with van der Waals surface area (Å²) in [5.74, 6) is -2.58. The number of carbonyl (C=O) groups excluding carboxylic acids is 1. The van der Waals surface area contributed by atoms with Crippen LogP contribution in [0, 0.1) is 11.6 Å². The van der Waals surface area contributed by atoms with Gasteiger partial charge in [-0.05, 0) is 23.1 Å². The fourth-order valence-corrected chi connectivity index (χ4v) is 7.31. The smallest absolute Gasteiger partial charge is 0.451 e. The molecular weight excluding hydrogens is 544 g/mol. The van der Waals surface area contributed by atoms with E-state index in [2.05, 4.69) is 4.74 Å². The number of carboxylic acid groups (broad SMARTS) is 1. The first-order valence-electron chi connectivity index (χ1n) is 11.4. The maximum Gasteiger partial charge on any atom is 0.508 e. The van der Waals surface area contributed by atoms with Crippen LogP contribution >= 0.6 is 23.1 Å². The molecule has 0 aliphatic carbocycles. The minimum absolute atomic E-state index is 0.124. The van der Waals surface area contributed by atoms with E-state index >= 15 is 4.39 Å². The molecule has 1 saturated heterocycles. The maximum atomic E-state index is 15.1. The minimum Gasteiger partial charge on any atom is -0.451 e. The summed E-state index contributed by atoms with van der Waals surface area (Å²) in [5, 5.41) is 12.5. The number of pyridine rings is 1. The number of aromatic nitrogens is 1. The summed E-state index contributed by atoms with van der Waals surface area (Å²) in [6, 6.07) is 5.03. The van der Waals surface area contributed by atoms with Gasteiger partial charge in [0.15, 0.2) is 17.3 Å². The van der Waals surface area contributed by atoms with Crippen LogP contribution in [0.1, 0.15) is 32.5 Å². The Hall–Kier alpha value is -3.62. The third kappa shape index (κ3) is 3.90. The second kappa shape index (κ2) is 9.60. The number of hydrogen-bond acceptors (Lipinski definition) is 9. The van der Waals surface area contributed by atoms with Gasteiger partial charge in [0.1, 0.15) is 12.2 Å². The van der Waals surface area contributed by atoms with Crippen LogP contribution in [0.25, 0.3) is 0 Å². The first-order valence-corrected chi connectivity index (χ1v) is 13.3. The number of rotatable bonds is 4. The van der Waals surface area contributed by atoms with Gasteiger partial charge < -0.3 is 24.2 Å². The average Bonchev–Trinajstić information content (AvgIpc) is 3.30. The highest BCUT2D eigenvalue weighted by Gasteiger charge is 2.46. The molecule has 3 aliphatic heterocycles. The predicted molar refractivity (Wildman–Crippen MR) is 131 cm³/mol. The summed E-state index contributed by atoms with van der Waals surface area (Å²) < 4.78 is 46.4. The van der Waals surface area contributed by atoms with Crippen LogP contribution in [0.3, 0.4) is 0 Å². The highest BCUT2D eigenvalue weighted by atomic mass is 32.2. The summed E-state index contributed by atoms with van der Waals surface area (Å²) in [5.41, 5.74) is -0.0629. The fourth-order valence-electron chi connectivity index (χ4n) is 4.99. The molecule has 1 amide bonds. The van der Waals surface area contributed by atoms with Gasteiger partial charge in [0, 0.05) is 39.9 Å². The monoisotopic (exact) mass is 563 g/mol. The van der Waals surface area contributed by atoms with Crippen LogP contribution in [0.5, 0.6) is 5.75 Å². The molecular formula is C24H19F2N3O7S2. The van der Waals surface area contributed by atoms with Gasteiger partial charge in [-0.25, -0.2) is 13.6 Å². The second-order valence-electron chi connectivity index (χ2n) is 8.58. The normalized spacial score (nSPS) is 20.1. The summed E-state index contributed by atoms with van der Waals surface area (Å²) in [6.45, 7) is -0.215. The number of benzene rings is 1. The Morgan fingerprint density at radius 2 is 2.05 bits per heavy atom. The lowest BCUT2D eigenvalue weighted by Crippen LogP contribution is -2.66. The molecule has 198 valence electrons. The third-order valence-electron chi connectivity index (χ3n) is 6.61. The van der Waals surface area contributed by atoms with Crippen molar-refractivity contribution in [2.45, 2.75) is 22.9 Å². The van der Waals surface area contributed by atoms with Gasteiger partial charge in [0.05, 0.1) is 13.2 Å². The van der Waals surface area contributed by atoms with Crippen molar-refractivity contribution >= 4 is 35.2 Å². The van der Waals surface area contributed by atoms with Gasteiger partial charge in [0.25, 0.3) is 5.91 Å². The van der Waals surface area contributed by atoms with Crippen LogP contribution in [0.2, 0.25) is 0 Å². The van der Waals surface area contributed by atoms with E-state index in [0.717, 1.165) is 15.8 Å². The fraction of sp³-hybridized carbons (Fsp3) is 0.292. The van der Waals surface area contributed by atoms with Gasteiger partial charge in [-0.3, -0.25) is 19.3 Å². The Morgan fingerprint density at radius 3 is 2.87 bits per heavy atom. The number of carbonyl (C=O) groups is 2. The van der Waals surface area contributed by atoms with Crippen molar-refractivity contribution in [1.82, 2.24) is 9.58 Å². The molecule has 2 aromatic heterocycles. The van der Waals surface area contributed by atoms with Crippen molar-refractivity contribution in [3.05, 3.63) is 79.4 Å². The number of ether oxygens (including phenoxy) is 3. The Kier molecular flexibility index (Phi) is 6.24. The Bertz CT molecular complexity index is 1510. The summed E-state index contributed by atoms with van der Waals surface area (Å²) in [7, 11) is 0. The molecule has 1 aromatic carbocycles. The molecule has 0 saturated carbocycles. The highest BCUT2D eigenvalue weighted by molar-refractivity contribution is 7.98. The van der Waals surface area contributed by atoms with Crippen molar-refractivity contribution in [3.8, 4) is 5.75 Å². The van der Waals surface area contributed by atoms with E-state index in [1.165, 1.54) is 44.9 Å². The van der Waals surface area contributed by atoms with E-state index in [0.29, 0.717) is 5.56 Å². The summed E-state index contributed by atoms with van der Waals surface area (Å²) >= 11 is 2.83. The molecule has 10 nitrogen and oxygen atoms in total. The van der Waals surface area contributed by atoms with Crippen molar-refractivity contribution < 1.29 is 37.7 Å². The van der Waals surface area contributed by atoms with Gasteiger partial charge >= 0.3 is 6.16 Å². The highest BCUT2D eigenvalue weighted by Crippen LogP contribution is 2.47. The number of thioether (sulfide) groups is 1. The van der Waals surface area contributed by atoms with Crippen molar-refractivity contribution in [3.63, 3.8) is 0 Å². The molecule has 3 aliphatic rings. The van der Waals surface area contributed by atoms with E-state index < -0.39 is 48.1 Å². The summed E-state index contributed by atoms with van der Waals surface area (Å²) in [6.07, 6.45) is -0.848. The zero-order valence-electron chi connectivity index (χ0n) is 19.5. The van der Waals surface area contributed by atoms with E-state index in [1.807, 2.05) is 11.4 Å². The number of amides is 1. The maximum absolute atomic E-state index is 15.1. The van der Waals surface area contributed by atoms with E-state index in [9.17, 15) is 18.8 Å². The van der Waals surface area contributed by atoms with Crippen LogP contribution in [0.15, 0.2) is 45.5 Å². The summed E-state index contributed by atoms with van der Waals surface area (Å²) in [4.78, 5) is 40.6. The molecule has 5 heterocycles. The number of nitrogens with zero attached hydrogens (tertiary/aromatic N) is 3. The van der Waals surface area contributed by atoms with Crippen LogP contribution < -0.4 is 15.2 Å². The third-order valence-corrected chi connectivity index (χ3v) is 8.81. The number of hydrogen-bond donors (Lipinski definition) is 1. The predicted octanol–water partition coefficient (Wildman–Crippen LogP) is 3.36. The molecule has 2 atom stereocenters. The number of thiophene rings is 1. The molecule has 38 heavy (non-hydrogen) atoms. The minimum atomic E-state index is -1.61. The molecule has 1 fully saturated rings. The second-order valence-corrected chi connectivity index (χ2v) is 10.5. The Labute approximate surface area is 221 Å². The van der Waals surface area contributed by atoms with Gasteiger partial charge in [-0.15, -0.1) is 23.1 Å². The zero-order valence-corrected chi connectivity index (χ0v) is 21.1. The van der Waals surface area contributed by atoms with Gasteiger partial charge in [0.2, 0.25) is 18.0 Å². The quantitative estimate of drug-likeness (QED) is 0.377. The Balaban J connectivity index is 1.59. The number of fused-ring (bicyclic) bond motifs is 4. The lowest BCUT2D eigenvalue weighted by atomic mass is 9.97. The van der Waals surface area contributed by atoms with E-state index in [1.54, 1.807) is 11.1 Å². The molecule has 0 bridgehead atoms. The van der Waals surface area contributed by atoms with Crippen molar-refractivity contribution in [1.29, 1.82) is 0 Å². The molecule has 0 radical (unpaired) electrons. The first-order chi connectivity index (χ1) is 18.4. The van der Waals surface area contributed by atoms with Gasteiger partial charge in [-0.2, -0.15) is 0 Å². The molecule has 6 rings (SSSR count). The zero-order chi connectivity index (χ0) is 26.6. The van der Waals surface area contributed by atoms with E-state index in [4.69, 9.17) is 14.6 Å². The standard InChI is InChI=1S/C24H19F2N3O7S2/c25-14-2-1-12-13(18(14)26)10-38-16-4-8-37-22(16)19(12)29-17-9-34-7-6-27(17)23(31)20-21(35-11-36-24(32)33)15(30)3-5-28(20)29/h1-5,8,17,19H,6-7,9-11H2,(H,32,33)/t17-,19?/m1/s1. The van der Waals surface area contributed by atoms with Crippen LogP contribution in [-0.2, 0) is 15.2 Å². The topological polar surface area (TPSA) is 111 Å². The largest absolute Gasteiger partial charge is 0.508 e. The molecule has 14 heteroatoms. The van der Waals surface area contributed by atoms with E-state index in [-0.39, 0.29) is 42.5 Å².